The zero-order valence-electron chi connectivity index (χ0n) is 18.2. The average molecular weight is 437 g/mol. The highest BCUT2D eigenvalue weighted by Gasteiger charge is 2.18. The quantitative estimate of drug-likeness (QED) is 0.487. The van der Waals surface area contributed by atoms with Crippen LogP contribution in [0.5, 0.6) is 11.5 Å². The van der Waals surface area contributed by atoms with Crippen molar-refractivity contribution in [2.75, 3.05) is 20.8 Å². The number of benzene rings is 2. The Morgan fingerprint density at radius 2 is 1.34 bits per heavy atom. The molecule has 0 aliphatic carbocycles. The molecule has 0 atom stereocenters. The fourth-order valence-corrected chi connectivity index (χ4v) is 3.36. The second-order valence-electron chi connectivity index (χ2n) is 7.33. The van der Waals surface area contributed by atoms with Crippen molar-refractivity contribution < 1.29 is 14.3 Å². The van der Waals surface area contributed by atoms with Crippen LogP contribution in [0.3, 0.4) is 0 Å². The normalized spacial score (nSPS) is 10.7. The standard InChI is InChI=1S/C24H27N3O5/c1-31-19-9-5-17(6-10-19)15-26-21(22(28)4-3-13-25)14-23(29)27(24(26)30)16-18-7-11-20(32-2)12-8-18/h5-12,14H,3-4,13,15-16,25H2,1-2H3. The summed E-state index contributed by atoms with van der Waals surface area (Å²) in [6, 6.07) is 15.6. The lowest BCUT2D eigenvalue weighted by atomic mass is 10.1. The molecule has 2 N–H and O–H groups in total. The maximum atomic E-state index is 13.3. The average Bonchev–Trinajstić information content (AvgIpc) is 2.82. The molecule has 32 heavy (non-hydrogen) atoms. The molecule has 0 spiro atoms. The van der Waals surface area contributed by atoms with E-state index in [9.17, 15) is 14.4 Å². The first-order valence-electron chi connectivity index (χ1n) is 10.3. The highest BCUT2D eigenvalue weighted by atomic mass is 16.5. The molecular weight excluding hydrogens is 410 g/mol. The number of nitrogens with two attached hydrogens (primary N) is 1. The summed E-state index contributed by atoms with van der Waals surface area (Å²) < 4.78 is 12.8. The fourth-order valence-electron chi connectivity index (χ4n) is 3.36. The van der Waals surface area contributed by atoms with E-state index in [1.54, 1.807) is 50.6 Å². The van der Waals surface area contributed by atoms with Crippen LogP contribution in [0.25, 0.3) is 0 Å². The van der Waals surface area contributed by atoms with Gasteiger partial charge in [0.25, 0.3) is 5.56 Å². The molecule has 0 aliphatic rings. The Bertz CT molecular complexity index is 1180. The van der Waals surface area contributed by atoms with Gasteiger partial charge in [-0.3, -0.25) is 18.7 Å². The van der Waals surface area contributed by atoms with Gasteiger partial charge in [0, 0.05) is 12.5 Å². The van der Waals surface area contributed by atoms with Gasteiger partial charge < -0.3 is 15.2 Å². The predicted octanol–water partition coefficient (Wildman–Crippen LogP) is 2.05. The molecule has 2 aromatic carbocycles. The number of aromatic nitrogens is 2. The number of hydrogen-bond donors (Lipinski definition) is 1. The molecule has 0 amide bonds. The van der Waals surface area contributed by atoms with Gasteiger partial charge in [-0.1, -0.05) is 24.3 Å². The van der Waals surface area contributed by atoms with Gasteiger partial charge in [0.15, 0.2) is 5.78 Å². The maximum Gasteiger partial charge on any atom is 0.332 e. The minimum atomic E-state index is -0.541. The van der Waals surface area contributed by atoms with E-state index in [2.05, 4.69) is 0 Å². The van der Waals surface area contributed by atoms with E-state index >= 15 is 0 Å². The Kier molecular flexibility index (Phi) is 7.62. The number of ketones is 1. The molecule has 0 unspecified atom stereocenters. The minimum absolute atomic E-state index is 0.0849. The maximum absolute atomic E-state index is 13.3. The van der Waals surface area contributed by atoms with Crippen molar-refractivity contribution in [1.82, 2.24) is 9.13 Å². The number of methoxy groups -OCH3 is 2. The summed E-state index contributed by atoms with van der Waals surface area (Å²) in [5.41, 5.74) is 6.13. The minimum Gasteiger partial charge on any atom is -0.497 e. The Balaban J connectivity index is 2.04. The number of carbonyl (C=O) groups excluding carboxylic acids is 1. The lowest BCUT2D eigenvalue weighted by Crippen LogP contribution is -2.42. The van der Waals surface area contributed by atoms with Crippen LogP contribution in [0, 0.1) is 0 Å². The molecule has 0 bridgehead atoms. The zero-order chi connectivity index (χ0) is 23.1. The highest BCUT2D eigenvalue weighted by molar-refractivity contribution is 5.94. The Morgan fingerprint density at radius 3 is 1.81 bits per heavy atom. The van der Waals surface area contributed by atoms with Crippen molar-refractivity contribution in [3.05, 3.63) is 92.3 Å². The summed E-state index contributed by atoms with van der Waals surface area (Å²) in [5.74, 6) is 1.08. The third kappa shape index (κ3) is 5.33. The lowest BCUT2D eigenvalue weighted by Gasteiger charge is -2.15. The van der Waals surface area contributed by atoms with Gasteiger partial charge in [0.1, 0.15) is 11.5 Å². The third-order valence-corrected chi connectivity index (χ3v) is 5.17. The second kappa shape index (κ2) is 10.6. The summed E-state index contributed by atoms with van der Waals surface area (Å²) in [4.78, 5) is 38.9. The molecule has 0 aliphatic heterocycles. The van der Waals surface area contributed by atoms with E-state index < -0.39 is 11.2 Å². The van der Waals surface area contributed by atoms with Gasteiger partial charge in [0.05, 0.1) is 33.0 Å². The second-order valence-corrected chi connectivity index (χ2v) is 7.33. The first kappa shape index (κ1) is 23.0. The van der Waals surface area contributed by atoms with Gasteiger partial charge in [0.2, 0.25) is 0 Å². The summed E-state index contributed by atoms with van der Waals surface area (Å²) in [7, 11) is 3.14. The molecule has 0 radical (unpaired) electrons. The molecule has 1 heterocycles. The van der Waals surface area contributed by atoms with Crippen LogP contribution < -0.4 is 26.5 Å². The molecule has 3 aromatic rings. The van der Waals surface area contributed by atoms with Crippen molar-refractivity contribution in [3.8, 4) is 11.5 Å². The zero-order valence-corrected chi connectivity index (χ0v) is 18.2. The number of hydrogen-bond acceptors (Lipinski definition) is 6. The van der Waals surface area contributed by atoms with Crippen LogP contribution in [0.2, 0.25) is 0 Å². The third-order valence-electron chi connectivity index (χ3n) is 5.17. The molecule has 168 valence electrons. The monoisotopic (exact) mass is 437 g/mol. The van der Waals surface area contributed by atoms with Gasteiger partial charge >= 0.3 is 5.69 Å². The summed E-state index contributed by atoms with van der Waals surface area (Å²) in [6.45, 7) is 0.583. The highest BCUT2D eigenvalue weighted by Crippen LogP contribution is 2.14. The van der Waals surface area contributed by atoms with E-state index in [0.717, 1.165) is 15.7 Å². The van der Waals surface area contributed by atoms with Crippen molar-refractivity contribution in [1.29, 1.82) is 0 Å². The Morgan fingerprint density at radius 1 is 0.844 bits per heavy atom. The topological polar surface area (TPSA) is 106 Å². The summed E-state index contributed by atoms with van der Waals surface area (Å²) in [6.07, 6.45) is 0.644. The van der Waals surface area contributed by atoms with E-state index in [-0.39, 0.29) is 31.0 Å². The number of ether oxygens (including phenoxy) is 2. The Hall–Kier alpha value is -3.65. The van der Waals surface area contributed by atoms with Gasteiger partial charge in [-0.2, -0.15) is 0 Å². The first-order chi connectivity index (χ1) is 15.5. The van der Waals surface area contributed by atoms with Gasteiger partial charge in [-0.25, -0.2) is 4.79 Å². The number of Topliss-reactive ketones (excluding diaryl/α,β-unsaturated/α-hetero) is 1. The molecular formula is C24H27N3O5. The molecule has 0 fully saturated rings. The predicted molar refractivity (Wildman–Crippen MR) is 122 cm³/mol. The van der Waals surface area contributed by atoms with Crippen LogP contribution in [0.4, 0.5) is 0 Å². The number of carbonyl (C=O) groups is 1. The lowest BCUT2D eigenvalue weighted by molar-refractivity contribution is 0.0970. The first-order valence-corrected chi connectivity index (χ1v) is 10.3. The SMILES string of the molecule is COc1ccc(Cn2c(C(=O)CCCN)cc(=O)n(Cc3ccc(OC)cc3)c2=O)cc1. The van der Waals surface area contributed by atoms with Crippen molar-refractivity contribution >= 4 is 5.78 Å². The van der Waals surface area contributed by atoms with E-state index in [1.807, 2.05) is 12.1 Å². The molecule has 0 saturated carbocycles. The van der Waals surface area contributed by atoms with E-state index in [0.29, 0.717) is 24.5 Å². The van der Waals surface area contributed by atoms with Crippen molar-refractivity contribution in [2.24, 2.45) is 5.73 Å². The molecule has 8 nitrogen and oxygen atoms in total. The van der Waals surface area contributed by atoms with Crippen molar-refractivity contribution in [3.63, 3.8) is 0 Å². The smallest absolute Gasteiger partial charge is 0.332 e. The van der Waals surface area contributed by atoms with Crippen molar-refractivity contribution in [2.45, 2.75) is 25.9 Å². The van der Waals surface area contributed by atoms with Gasteiger partial charge in [-0.05, 0) is 48.4 Å². The van der Waals surface area contributed by atoms with Crippen LogP contribution >= 0.6 is 0 Å². The molecule has 8 heteroatoms. The largest absolute Gasteiger partial charge is 0.497 e. The molecule has 1 aromatic heterocycles. The van der Waals surface area contributed by atoms with Gasteiger partial charge in [-0.15, -0.1) is 0 Å². The van der Waals surface area contributed by atoms with Crippen LogP contribution in [-0.2, 0) is 13.1 Å². The van der Waals surface area contributed by atoms with Crippen LogP contribution in [0.15, 0.2) is 64.2 Å². The Labute approximate surface area is 185 Å². The number of nitrogens with zero attached hydrogens (tertiary/aromatic N) is 2. The number of rotatable bonds is 10. The molecule has 3 rings (SSSR count). The van der Waals surface area contributed by atoms with E-state index in [1.165, 1.54) is 10.6 Å². The fraction of sp³-hybridized carbons (Fsp3) is 0.292. The van der Waals surface area contributed by atoms with E-state index in [4.69, 9.17) is 15.2 Å². The summed E-state index contributed by atoms with van der Waals surface area (Å²) >= 11 is 0. The summed E-state index contributed by atoms with van der Waals surface area (Å²) in [5, 5.41) is 0. The van der Waals surface area contributed by atoms with Crippen LogP contribution in [-0.4, -0.2) is 35.7 Å². The van der Waals surface area contributed by atoms with Crippen LogP contribution in [0.1, 0.15) is 34.5 Å². The molecule has 0 saturated heterocycles.